The van der Waals surface area contributed by atoms with E-state index in [2.05, 4.69) is 45.2 Å². The maximum absolute atomic E-state index is 12.8. The van der Waals surface area contributed by atoms with E-state index in [1.165, 1.54) is 60.5 Å². The second-order valence-electron chi connectivity index (χ2n) is 11.9. The van der Waals surface area contributed by atoms with Crippen LogP contribution in [-0.4, -0.2) is 104 Å². The summed E-state index contributed by atoms with van der Waals surface area (Å²) < 4.78 is 127. The molecule has 29 heteroatoms. The molecule has 5 rings (SSSR count). The lowest BCUT2D eigenvalue weighted by Crippen LogP contribution is -2.17. The Bertz CT molecular complexity index is 3030. The molecule has 0 saturated heterocycles. The van der Waals surface area contributed by atoms with Crippen LogP contribution in [0.5, 0.6) is 5.75 Å². The Morgan fingerprint density at radius 1 is 0.803 bits per heavy atom. The summed E-state index contributed by atoms with van der Waals surface area (Å²) >= 11 is 6.16. The minimum Gasteiger partial charge on any atom is -0.504 e. The van der Waals surface area contributed by atoms with Crippen LogP contribution in [0.4, 0.5) is 34.6 Å². The number of para-hydroxylation sites is 1. The van der Waals surface area contributed by atoms with Gasteiger partial charge in [-0.2, -0.15) is 45.3 Å². The molecule has 0 bridgehead atoms. The van der Waals surface area contributed by atoms with E-state index >= 15 is 0 Å². The fourth-order valence-corrected chi connectivity index (χ4v) is 7.54. The molecule has 0 aliphatic rings. The van der Waals surface area contributed by atoms with Crippen molar-refractivity contribution in [3.8, 4) is 5.75 Å². The van der Waals surface area contributed by atoms with Crippen LogP contribution < -0.4 is 15.6 Å². The monoisotopic (exact) mass is 941 g/mol. The smallest absolute Gasteiger partial charge is 0.397 e. The van der Waals surface area contributed by atoms with Gasteiger partial charge in [0.2, 0.25) is 23.0 Å². The van der Waals surface area contributed by atoms with Crippen LogP contribution >= 0.6 is 11.6 Å². The van der Waals surface area contributed by atoms with Crippen molar-refractivity contribution in [2.24, 2.45) is 15.3 Å². The Morgan fingerprint density at radius 3 is 2.11 bits per heavy atom. The topological polar surface area (TPSA) is 367 Å². The first-order valence-electron chi connectivity index (χ1n) is 16.3. The molecule has 0 radical (unpaired) electrons. The Kier molecular flexibility index (Phi) is 13.7. The Labute approximate surface area is 350 Å². The van der Waals surface area contributed by atoms with Crippen molar-refractivity contribution in [3.63, 3.8) is 0 Å². The number of rotatable bonds is 16. The van der Waals surface area contributed by atoms with Crippen LogP contribution in [0.3, 0.4) is 0 Å². The van der Waals surface area contributed by atoms with Gasteiger partial charge in [-0.1, -0.05) is 18.2 Å². The molecule has 0 fully saturated rings. The first-order chi connectivity index (χ1) is 28.4. The molecule has 5 aromatic rings. The predicted octanol–water partition coefficient (Wildman–Crippen LogP) is 4.08. The minimum atomic E-state index is -5.04. The zero-order valence-electron chi connectivity index (χ0n) is 30.5. The standard InChI is InChI=1S/C32H28ClN9O15S4/c1-42(19-5-4-6-21(15-19)58(46,47)14-13-57-61(54,55)56)32-36-30(33)35-31(37-32)34-25-16-22(60(51,52)53)17-26(27(25)43)39-41-28(18-9-11-20(12-10-18)59(48,49)50)40-38-24-8-3-2-7-23(24)29(44)45/h2-12,15-17,38,43H,13-14H2,1H3,(H,44,45)(H,48,49,50)(H,51,52,53)(H,54,55,56)(H,34,35,36,37)/b40-28-,41-39?. The molecule has 0 amide bonds. The maximum Gasteiger partial charge on any atom is 0.397 e. The zero-order valence-corrected chi connectivity index (χ0v) is 34.5. The molecule has 61 heavy (non-hydrogen) atoms. The number of nitrogens with zero attached hydrogens (tertiary/aromatic N) is 7. The molecular weight excluding hydrogens is 914 g/mol. The second kappa shape index (κ2) is 18.2. The SMILES string of the molecule is CN(c1cccc(S(=O)(=O)CCOS(=O)(=O)O)c1)c1nc(Cl)nc(Nc2cc(S(=O)(=O)O)cc(N=N/C(=N\Nc3ccccc3C(=O)O)c3ccc(S(=O)(=O)O)cc3)c2O)n1. The van der Waals surface area contributed by atoms with Crippen LogP contribution in [0.25, 0.3) is 0 Å². The van der Waals surface area contributed by atoms with E-state index in [9.17, 15) is 57.8 Å². The number of carbonyl (C=O) groups is 1. The molecule has 1 heterocycles. The number of aromatic hydroxyl groups is 1. The summed E-state index contributed by atoms with van der Waals surface area (Å²) in [6, 6.07) is 16.4. The Hall–Kier alpha value is -6.24. The fraction of sp³-hybridized carbons (Fsp3) is 0.0938. The lowest BCUT2D eigenvalue weighted by molar-refractivity contribution is 0.0697. The highest BCUT2D eigenvalue weighted by Crippen LogP contribution is 2.39. The van der Waals surface area contributed by atoms with Gasteiger partial charge in [-0.3, -0.25) is 19.1 Å². The molecule has 7 N–H and O–H groups in total. The van der Waals surface area contributed by atoms with E-state index in [-0.39, 0.29) is 33.3 Å². The van der Waals surface area contributed by atoms with Gasteiger partial charge in [0.15, 0.2) is 15.6 Å². The number of carboxylic acids is 1. The van der Waals surface area contributed by atoms with Gasteiger partial charge in [0.25, 0.3) is 20.2 Å². The fourth-order valence-electron chi connectivity index (χ4n) is 4.85. The first kappa shape index (κ1) is 45.8. The number of hydrogen-bond acceptors (Lipinski definition) is 19. The van der Waals surface area contributed by atoms with E-state index < -0.39 is 103 Å². The third-order valence-electron chi connectivity index (χ3n) is 7.75. The predicted molar refractivity (Wildman–Crippen MR) is 214 cm³/mol. The van der Waals surface area contributed by atoms with Crippen molar-refractivity contribution in [1.82, 2.24) is 15.0 Å². The van der Waals surface area contributed by atoms with Gasteiger partial charge in [0.1, 0.15) is 5.69 Å². The molecule has 24 nitrogen and oxygen atoms in total. The quantitative estimate of drug-likeness (QED) is 0.0183. The van der Waals surface area contributed by atoms with Crippen LogP contribution in [0.15, 0.2) is 115 Å². The van der Waals surface area contributed by atoms with E-state index in [0.717, 1.165) is 30.3 Å². The number of amidine groups is 1. The van der Waals surface area contributed by atoms with Crippen molar-refractivity contribution in [2.75, 3.05) is 35.0 Å². The van der Waals surface area contributed by atoms with Crippen molar-refractivity contribution in [3.05, 3.63) is 101 Å². The number of phenolic OH excluding ortho intramolecular Hbond substituents is 1. The van der Waals surface area contributed by atoms with E-state index in [4.69, 9.17) is 16.2 Å². The third-order valence-corrected chi connectivity index (χ3v) is 11.8. The summed E-state index contributed by atoms with van der Waals surface area (Å²) in [5, 5.41) is 34.8. The molecular formula is C32H28ClN9O15S4. The first-order valence-corrected chi connectivity index (χ1v) is 22.6. The minimum absolute atomic E-state index is 0.00556. The number of sulfone groups is 1. The number of hydrazone groups is 1. The number of carboxylic acid groups (broad SMARTS) is 1. The average molecular weight is 942 g/mol. The largest absolute Gasteiger partial charge is 0.504 e. The highest BCUT2D eigenvalue weighted by molar-refractivity contribution is 7.91. The molecule has 322 valence electrons. The molecule has 0 spiro atoms. The number of halogens is 1. The summed E-state index contributed by atoms with van der Waals surface area (Å²) in [7, 11) is -17.3. The highest BCUT2D eigenvalue weighted by atomic mass is 35.5. The number of anilines is 5. The third kappa shape index (κ3) is 12.2. The number of aromatic carboxylic acids is 1. The van der Waals surface area contributed by atoms with Gasteiger partial charge in [0.05, 0.1) is 44.0 Å². The van der Waals surface area contributed by atoms with Gasteiger partial charge >= 0.3 is 16.4 Å². The van der Waals surface area contributed by atoms with Crippen LogP contribution in [0.2, 0.25) is 5.28 Å². The van der Waals surface area contributed by atoms with Crippen LogP contribution in [0.1, 0.15) is 15.9 Å². The van der Waals surface area contributed by atoms with Gasteiger partial charge in [-0.15, -0.1) is 10.2 Å². The van der Waals surface area contributed by atoms with E-state index in [1.807, 2.05) is 0 Å². The zero-order chi connectivity index (χ0) is 44.9. The number of hydrogen-bond donors (Lipinski definition) is 7. The summed E-state index contributed by atoms with van der Waals surface area (Å²) in [4.78, 5) is 23.4. The van der Waals surface area contributed by atoms with Crippen molar-refractivity contribution >= 4 is 98.5 Å². The maximum atomic E-state index is 12.8. The molecule has 0 unspecified atom stereocenters. The molecule has 1 aromatic heterocycles. The summed E-state index contributed by atoms with van der Waals surface area (Å²) in [6.07, 6.45) is 0. The van der Waals surface area contributed by atoms with Crippen molar-refractivity contribution in [2.45, 2.75) is 14.7 Å². The van der Waals surface area contributed by atoms with E-state index in [0.29, 0.717) is 6.07 Å². The molecule has 0 saturated carbocycles. The Balaban J connectivity index is 1.51. The Morgan fingerprint density at radius 2 is 1.48 bits per heavy atom. The number of aromatic nitrogens is 3. The van der Waals surface area contributed by atoms with Gasteiger partial charge in [-0.25, -0.2) is 17.4 Å². The lowest BCUT2D eigenvalue weighted by atomic mass is 10.2. The number of azo groups is 1. The number of nitrogens with one attached hydrogen (secondary N) is 2. The molecule has 0 atom stereocenters. The van der Waals surface area contributed by atoms with E-state index in [1.54, 1.807) is 0 Å². The van der Waals surface area contributed by atoms with Crippen LogP contribution in [0, 0.1) is 0 Å². The number of benzene rings is 4. The van der Waals surface area contributed by atoms with Gasteiger partial charge in [-0.05, 0) is 78.3 Å². The highest BCUT2D eigenvalue weighted by Gasteiger charge is 2.22. The molecule has 0 aliphatic carbocycles. The summed E-state index contributed by atoms with van der Waals surface area (Å²) in [6.45, 7) is -0.878. The van der Waals surface area contributed by atoms with Crippen molar-refractivity contribution < 1.29 is 66.5 Å². The van der Waals surface area contributed by atoms with Crippen LogP contribution in [-0.2, 0) is 44.7 Å². The summed E-state index contributed by atoms with van der Waals surface area (Å²) in [5.74, 6) is -4.07. The summed E-state index contributed by atoms with van der Waals surface area (Å²) in [5.41, 5.74) is 1.27. The van der Waals surface area contributed by atoms with Crippen molar-refractivity contribution in [1.29, 1.82) is 0 Å². The normalized spacial score (nSPS) is 12.6. The average Bonchev–Trinajstić information content (AvgIpc) is 3.17. The second-order valence-corrected chi connectivity index (χ2v) is 18.3. The van der Waals surface area contributed by atoms with Gasteiger partial charge in [0, 0.05) is 18.3 Å². The molecule has 4 aromatic carbocycles. The van der Waals surface area contributed by atoms with Gasteiger partial charge < -0.3 is 20.4 Å². The molecule has 0 aliphatic heterocycles. The lowest BCUT2D eigenvalue weighted by Gasteiger charge is -2.19. The number of phenols is 1.